The molecule has 4 rings (SSSR count). The van der Waals surface area contributed by atoms with Crippen LogP contribution < -0.4 is 15.0 Å². The zero-order valence-corrected chi connectivity index (χ0v) is 17.9. The summed E-state index contributed by atoms with van der Waals surface area (Å²) in [7, 11) is 0. The number of hydrogen-bond acceptors (Lipinski definition) is 7. The molecule has 3 heterocycles. The number of likely N-dealkylation sites (tertiary alicyclic amines) is 1. The summed E-state index contributed by atoms with van der Waals surface area (Å²) < 4.78 is 5.80. The number of carbonyl (C=O) groups is 1. The molecular weight excluding hydrogens is 394 g/mol. The highest BCUT2D eigenvalue weighted by Crippen LogP contribution is 2.23. The topological polar surface area (TPSA) is 90.8 Å². The maximum absolute atomic E-state index is 11.6. The molecule has 8 heteroatoms. The van der Waals surface area contributed by atoms with Gasteiger partial charge in [0.2, 0.25) is 11.9 Å². The van der Waals surface area contributed by atoms with Crippen molar-refractivity contribution in [1.82, 2.24) is 20.2 Å². The van der Waals surface area contributed by atoms with Crippen molar-refractivity contribution in [3.05, 3.63) is 48.3 Å². The molecule has 0 spiro atoms. The van der Waals surface area contributed by atoms with E-state index in [9.17, 15) is 9.90 Å². The fourth-order valence-electron chi connectivity index (χ4n) is 4.15. The zero-order valence-electron chi connectivity index (χ0n) is 17.9. The molecule has 1 amide bonds. The third-order valence-corrected chi connectivity index (χ3v) is 5.89. The minimum atomic E-state index is -0.779. The van der Waals surface area contributed by atoms with Gasteiger partial charge in [0.25, 0.3) is 0 Å². The summed E-state index contributed by atoms with van der Waals surface area (Å²) in [5, 5.41) is 14.2. The van der Waals surface area contributed by atoms with Gasteiger partial charge in [-0.25, -0.2) is 9.97 Å². The van der Waals surface area contributed by atoms with E-state index in [0.29, 0.717) is 45.0 Å². The molecular formula is C23H31N5O3. The van der Waals surface area contributed by atoms with E-state index in [1.165, 1.54) is 0 Å². The Morgan fingerprint density at radius 3 is 2.71 bits per heavy atom. The largest absolute Gasteiger partial charge is 0.494 e. The number of anilines is 1. The second-order valence-corrected chi connectivity index (χ2v) is 8.38. The average molecular weight is 426 g/mol. The van der Waals surface area contributed by atoms with Crippen molar-refractivity contribution in [2.24, 2.45) is 0 Å². The van der Waals surface area contributed by atoms with Gasteiger partial charge in [0.15, 0.2) is 0 Å². The van der Waals surface area contributed by atoms with Crippen LogP contribution in [0.15, 0.2) is 42.7 Å². The molecule has 2 aromatic rings. The molecule has 1 atom stereocenters. The number of hydrogen-bond donors (Lipinski definition) is 2. The first kappa shape index (κ1) is 21.5. The Balaban J connectivity index is 1.15. The maximum Gasteiger partial charge on any atom is 0.225 e. The number of carbonyl (C=O) groups excluding carboxylic acids is 1. The number of ether oxygens (including phenoxy) is 1. The molecule has 1 aromatic heterocycles. The minimum Gasteiger partial charge on any atom is -0.494 e. The van der Waals surface area contributed by atoms with Gasteiger partial charge < -0.3 is 25.0 Å². The van der Waals surface area contributed by atoms with Gasteiger partial charge in [-0.1, -0.05) is 12.1 Å². The Hall–Kier alpha value is -2.71. The van der Waals surface area contributed by atoms with E-state index < -0.39 is 5.60 Å². The zero-order chi connectivity index (χ0) is 21.5. The van der Waals surface area contributed by atoms with Crippen LogP contribution in [0.25, 0.3) is 0 Å². The van der Waals surface area contributed by atoms with Gasteiger partial charge >= 0.3 is 0 Å². The van der Waals surface area contributed by atoms with E-state index in [1.807, 2.05) is 34.1 Å². The van der Waals surface area contributed by atoms with Crippen LogP contribution in [0.1, 0.15) is 31.2 Å². The second kappa shape index (κ2) is 10.1. The predicted molar refractivity (Wildman–Crippen MR) is 118 cm³/mol. The number of aliphatic hydroxyl groups is 1. The highest BCUT2D eigenvalue weighted by atomic mass is 16.5. The van der Waals surface area contributed by atoms with E-state index in [4.69, 9.17) is 4.74 Å². The van der Waals surface area contributed by atoms with Crippen LogP contribution in [0.3, 0.4) is 0 Å². The van der Waals surface area contributed by atoms with E-state index in [0.717, 1.165) is 43.8 Å². The Morgan fingerprint density at radius 1 is 1.16 bits per heavy atom. The fraction of sp³-hybridized carbons (Fsp3) is 0.522. The van der Waals surface area contributed by atoms with Gasteiger partial charge in [-0.2, -0.15) is 0 Å². The van der Waals surface area contributed by atoms with Crippen molar-refractivity contribution in [2.75, 3.05) is 44.2 Å². The van der Waals surface area contributed by atoms with Crippen LogP contribution in [0.2, 0.25) is 0 Å². The number of rotatable bonds is 10. The van der Waals surface area contributed by atoms with E-state index in [2.05, 4.69) is 15.3 Å². The molecule has 1 aromatic carbocycles. The van der Waals surface area contributed by atoms with Gasteiger partial charge in [0.1, 0.15) is 5.75 Å². The van der Waals surface area contributed by atoms with Gasteiger partial charge in [-0.3, -0.25) is 4.79 Å². The van der Waals surface area contributed by atoms with E-state index in [1.54, 1.807) is 18.5 Å². The number of aromatic nitrogens is 2. The molecule has 0 bridgehead atoms. The summed E-state index contributed by atoms with van der Waals surface area (Å²) in [5.74, 6) is 1.77. The number of benzene rings is 1. The standard InChI is InChI=1S/C23H31N5O3/c29-21-4-1-12-27(21)13-3-15-31-20-7-5-19(6-8-20)16-24-17-23(30)9-14-28(18-23)22-25-10-2-11-26-22/h2,5-8,10-11,24,30H,1,3-4,9,12-18H2. The van der Waals surface area contributed by atoms with Crippen molar-refractivity contribution in [1.29, 1.82) is 0 Å². The summed E-state index contributed by atoms with van der Waals surface area (Å²) in [6.45, 7) is 4.74. The number of amides is 1. The summed E-state index contributed by atoms with van der Waals surface area (Å²) in [5.41, 5.74) is 0.360. The second-order valence-electron chi connectivity index (χ2n) is 8.38. The third-order valence-electron chi connectivity index (χ3n) is 5.89. The maximum atomic E-state index is 11.6. The first-order chi connectivity index (χ1) is 15.1. The summed E-state index contributed by atoms with van der Waals surface area (Å²) in [4.78, 5) is 24.1. The molecule has 166 valence electrons. The van der Waals surface area contributed by atoms with Crippen LogP contribution in [0, 0.1) is 0 Å². The molecule has 1 unspecified atom stereocenters. The Morgan fingerprint density at radius 2 is 1.97 bits per heavy atom. The molecule has 2 aliphatic heterocycles. The average Bonchev–Trinajstić information content (AvgIpc) is 3.38. The molecule has 2 N–H and O–H groups in total. The fourth-order valence-corrected chi connectivity index (χ4v) is 4.15. The minimum absolute atomic E-state index is 0.264. The molecule has 31 heavy (non-hydrogen) atoms. The van der Waals surface area contributed by atoms with Crippen LogP contribution >= 0.6 is 0 Å². The van der Waals surface area contributed by atoms with Crippen molar-refractivity contribution >= 4 is 11.9 Å². The van der Waals surface area contributed by atoms with Gasteiger partial charge in [-0.05, 0) is 43.0 Å². The quantitative estimate of drug-likeness (QED) is 0.559. The van der Waals surface area contributed by atoms with Gasteiger partial charge in [0.05, 0.1) is 18.8 Å². The van der Waals surface area contributed by atoms with Crippen LogP contribution in [-0.2, 0) is 11.3 Å². The third kappa shape index (κ3) is 5.92. The van der Waals surface area contributed by atoms with E-state index >= 15 is 0 Å². The first-order valence-corrected chi connectivity index (χ1v) is 11.1. The summed E-state index contributed by atoms with van der Waals surface area (Å²) >= 11 is 0. The molecule has 0 aliphatic carbocycles. The smallest absolute Gasteiger partial charge is 0.225 e. The van der Waals surface area contributed by atoms with Gasteiger partial charge in [0, 0.05) is 51.5 Å². The van der Waals surface area contributed by atoms with Crippen molar-refractivity contribution in [3.8, 4) is 5.75 Å². The molecule has 2 saturated heterocycles. The summed E-state index contributed by atoms with van der Waals surface area (Å²) in [6, 6.07) is 9.80. The molecule has 0 radical (unpaired) electrons. The van der Waals surface area contributed by atoms with Crippen LogP contribution in [-0.4, -0.2) is 70.8 Å². The van der Waals surface area contributed by atoms with Crippen molar-refractivity contribution in [2.45, 2.75) is 37.8 Å². The predicted octanol–water partition coefficient (Wildman–Crippen LogP) is 1.60. The summed E-state index contributed by atoms with van der Waals surface area (Å²) in [6.07, 6.45) is 6.64. The molecule has 8 nitrogen and oxygen atoms in total. The highest BCUT2D eigenvalue weighted by Gasteiger charge is 2.36. The Bertz CT molecular complexity index is 848. The molecule has 2 fully saturated rings. The van der Waals surface area contributed by atoms with Crippen molar-refractivity contribution < 1.29 is 14.6 Å². The lowest BCUT2D eigenvalue weighted by atomic mass is 10.0. The number of nitrogens with zero attached hydrogens (tertiary/aromatic N) is 4. The lowest BCUT2D eigenvalue weighted by molar-refractivity contribution is -0.127. The normalized spacial score (nSPS) is 21.1. The highest BCUT2D eigenvalue weighted by molar-refractivity contribution is 5.77. The SMILES string of the molecule is O=C1CCCN1CCCOc1ccc(CNCC2(O)CCN(c3ncccn3)C2)cc1. The first-order valence-electron chi connectivity index (χ1n) is 11.1. The lowest BCUT2D eigenvalue weighted by Crippen LogP contribution is -2.43. The Kier molecular flexibility index (Phi) is 6.99. The number of nitrogens with one attached hydrogen (secondary N) is 1. The monoisotopic (exact) mass is 425 g/mol. The number of β-amino-alcohol motifs (C(OH)–C–C–N with tert-alkyl or cyclic N) is 1. The molecule has 0 saturated carbocycles. The lowest BCUT2D eigenvalue weighted by Gasteiger charge is -2.24. The van der Waals surface area contributed by atoms with Crippen LogP contribution in [0.4, 0.5) is 5.95 Å². The van der Waals surface area contributed by atoms with E-state index in [-0.39, 0.29) is 5.91 Å². The Labute approximate surface area is 183 Å². The van der Waals surface area contributed by atoms with Gasteiger partial charge in [-0.15, -0.1) is 0 Å². The molecule has 2 aliphatic rings. The van der Waals surface area contributed by atoms with Crippen molar-refractivity contribution in [3.63, 3.8) is 0 Å². The van der Waals surface area contributed by atoms with Crippen LogP contribution in [0.5, 0.6) is 5.75 Å².